The fourth-order valence-corrected chi connectivity index (χ4v) is 1.75. The van der Waals surface area contributed by atoms with Crippen LogP contribution in [0.5, 0.6) is 0 Å². The van der Waals surface area contributed by atoms with Crippen molar-refractivity contribution >= 4 is 11.9 Å². The summed E-state index contributed by atoms with van der Waals surface area (Å²) >= 11 is 0. The molecule has 0 radical (unpaired) electrons. The zero-order valence-electron chi connectivity index (χ0n) is 11.8. The lowest BCUT2D eigenvalue weighted by Crippen LogP contribution is -2.41. The van der Waals surface area contributed by atoms with E-state index in [0.717, 1.165) is 5.56 Å². The largest absolute Gasteiger partial charge is 0.465 e. The molecule has 19 heavy (non-hydrogen) atoms. The third kappa shape index (κ3) is 4.06. The van der Waals surface area contributed by atoms with Crippen LogP contribution in [-0.4, -0.2) is 44.0 Å². The van der Waals surface area contributed by atoms with Gasteiger partial charge in [-0.3, -0.25) is 9.69 Å². The van der Waals surface area contributed by atoms with Crippen LogP contribution in [0.2, 0.25) is 0 Å². The maximum absolute atomic E-state index is 11.5. The molecule has 0 fully saturated rings. The summed E-state index contributed by atoms with van der Waals surface area (Å²) in [4.78, 5) is 24.9. The Kier molecular flexibility index (Phi) is 5.51. The van der Waals surface area contributed by atoms with Crippen LogP contribution in [0.4, 0.5) is 0 Å². The van der Waals surface area contributed by atoms with Gasteiger partial charge in [0.15, 0.2) is 0 Å². The summed E-state index contributed by atoms with van der Waals surface area (Å²) in [5.41, 5.74) is 1.47. The molecule has 1 aromatic rings. The van der Waals surface area contributed by atoms with Crippen LogP contribution in [0.15, 0.2) is 24.3 Å². The summed E-state index contributed by atoms with van der Waals surface area (Å²) in [7, 11) is 4.84. The highest BCUT2D eigenvalue weighted by Gasteiger charge is 2.17. The molecule has 104 valence electrons. The average Bonchev–Trinajstić information content (AvgIpc) is 2.44. The van der Waals surface area contributed by atoms with Gasteiger partial charge in [0.1, 0.15) is 0 Å². The SMILES string of the molecule is CNC(=O)[C@@H](C)N(C)Cc1cccc(C(=O)OC)c1. The number of carbonyl (C=O) groups excluding carboxylic acids is 2. The predicted molar refractivity (Wildman–Crippen MR) is 72.8 cm³/mol. The Labute approximate surface area is 113 Å². The van der Waals surface area contributed by atoms with E-state index in [4.69, 9.17) is 0 Å². The van der Waals surface area contributed by atoms with Crippen molar-refractivity contribution in [3.8, 4) is 0 Å². The lowest BCUT2D eigenvalue weighted by atomic mass is 10.1. The minimum atomic E-state index is -0.358. The van der Waals surface area contributed by atoms with Crippen LogP contribution in [0.1, 0.15) is 22.8 Å². The molecule has 1 N–H and O–H groups in total. The number of carbonyl (C=O) groups is 2. The average molecular weight is 264 g/mol. The van der Waals surface area contributed by atoms with Crippen molar-refractivity contribution in [2.45, 2.75) is 19.5 Å². The Morgan fingerprint density at radius 1 is 1.42 bits per heavy atom. The van der Waals surface area contributed by atoms with Crippen LogP contribution >= 0.6 is 0 Å². The van der Waals surface area contributed by atoms with Gasteiger partial charge in [0, 0.05) is 13.6 Å². The summed E-state index contributed by atoms with van der Waals surface area (Å²) in [5.74, 6) is -0.393. The first-order valence-corrected chi connectivity index (χ1v) is 6.08. The number of esters is 1. The fraction of sp³-hybridized carbons (Fsp3) is 0.429. The number of likely N-dealkylation sites (N-methyl/N-ethyl adjacent to an activating group) is 2. The van der Waals surface area contributed by atoms with Gasteiger partial charge in [0.05, 0.1) is 18.7 Å². The number of benzene rings is 1. The lowest BCUT2D eigenvalue weighted by molar-refractivity contribution is -0.125. The highest BCUT2D eigenvalue weighted by Crippen LogP contribution is 2.10. The highest BCUT2D eigenvalue weighted by molar-refractivity contribution is 5.89. The molecule has 0 spiro atoms. The van der Waals surface area contributed by atoms with Crippen molar-refractivity contribution in [2.75, 3.05) is 21.2 Å². The maximum atomic E-state index is 11.5. The van der Waals surface area contributed by atoms with E-state index in [9.17, 15) is 9.59 Å². The van der Waals surface area contributed by atoms with E-state index in [1.54, 1.807) is 25.2 Å². The van der Waals surface area contributed by atoms with Gasteiger partial charge in [0.2, 0.25) is 5.91 Å². The van der Waals surface area contributed by atoms with Crippen molar-refractivity contribution in [3.63, 3.8) is 0 Å². The molecule has 0 aliphatic carbocycles. The summed E-state index contributed by atoms with van der Waals surface area (Å²) in [6.45, 7) is 2.42. The first-order chi connectivity index (χ1) is 8.99. The number of rotatable bonds is 5. The summed E-state index contributed by atoms with van der Waals surface area (Å²) in [6, 6.07) is 6.97. The van der Waals surface area contributed by atoms with Gasteiger partial charge in [-0.2, -0.15) is 0 Å². The van der Waals surface area contributed by atoms with Crippen LogP contribution in [0, 0.1) is 0 Å². The lowest BCUT2D eigenvalue weighted by Gasteiger charge is -2.23. The minimum Gasteiger partial charge on any atom is -0.465 e. The predicted octanol–water partition coefficient (Wildman–Crippen LogP) is 1.04. The summed E-state index contributed by atoms with van der Waals surface area (Å²) in [5, 5.41) is 2.62. The van der Waals surface area contributed by atoms with E-state index in [2.05, 4.69) is 10.1 Å². The second kappa shape index (κ2) is 6.89. The minimum absolute atomic E-state index is 0.0355. The third-order valence-corrected chi connectivity index (χ3v) is 3.07. The van der Waals surface area contributed by atoms with E-state index < -0.39 is 0 Å². The third-order valence-electron chi connectivity index (χ3n) is 3.07. The molecule has 0 aliphatic rings. The second-order valence-corrected chi connectivity index (χ2v) is 4.40. The maximum Gasteiger partial charge on any atom is 0.337 e. The van der Waals surface area contributed by atoms with Crippen molar-refractivity contribution < 1.29 is 14.3 Å². The summed E-state index contributed by atoms with van der Waals surface area (Å²) < 4.78 is 4.68. The van der Waals surface area contributed by atoms with Gasteiger partial charge in [-0.15, -0.1) is 0 Å². The van der Waals surface area contributed by atoms with Gasteiger partial charge in [-0.1, -0.05) is 12.1 Å². The Morgan fingerprint density at radius 3 is 2.68 bits per heavy atom. The van der Waals surface area contributed by atoms with Gasteiger partial charge in [0.25, 0.3) is 0 Å². The van der Waals surface area contributed by atoms with Crippen LogP contribution in [-0.2, 0) is 16.1 Å². The number of hydrogen-bond acceptors (Lipinski definition) is 4. The van der Waals surface area contributed by atoms with Gasteiger partial charge in [-0.25, -0.2) is 4.79 Å². The van der Waals surface area contributed by atoms with Gasteiger partial charge < -0.3 is 10.1 Å². The smallest absolute Gasteiger partial charge is 0.337 e. The van der Waals surface area contributed by atoms with E-state index in [0.29, 0.717) is 12.1 Å². The van der Waals surface area contributed by atoms with Crippen molar-refractivity contribution in [1.82, 2.24) is 10.2 Å². The molecule has 0 aromatic heterocycles. The molecular formula is C14H20N2O3. The van der Waals surface area contributed by atoms with Crippen molar-refractivity contribution in [3.05, 3.63) is 35.4 Å². The number of nitrogens with zero attached hydrogens (tertiary/aromatic N) is 1. The number of nitrogens with one attached hydrogen (secondary N) is 1. The van der Waals surface area contributed by atoms with Crippen LogP contribution in [0.25, 0.3) is 0 Å². The van der Waals surface area contributed by atoms with E-state index >= 15 is 0 Å². The zero-order valence-corrected chi connectivity index (χ0v) is 11.8. The van der Waals surface area contributed by atoms with Crippen molar-refractivity contribution in [2.24, 2.45) is 0 Å². The highest BCUT2D eigenvalue weighted by atomic mass is 16.5. The molecule has 0 aliphatic heterocycles. The Hall–Kier alpha value is -1.88. The molecule has 0 saturated heterocycles. The molecule has 1 rings (SSSR count). The molecule has 1 amide bonds. The molecule has 5 heteroatoms. The number of methoxy groups -OCH3 is 1. The first kappa shape index (κ1) is 15.2. The number of amides is 1. The van der Waals surface area contributed by atoms with Gasteiger partial charge in [-0.05, 0) is 31.7 Å². The number of hydrogen-bond donors (Lipinski definition) is 1. The Morgan fingerprint density at radius 2 is 2.11 bits per heavy atom. The molecule has 1 aromatic carbocycles. The van der Waals surface area contributed by atoms with Crippen molar-refractivity contribution in [1.29, 1.82) is 0 Å². The van der Waals surface area contributed by atoms with Crippen LogP contribution < -0.4 is 5.32 Å². The standard InChI is InChI=1S/C14H20N2O3/c1-10(13(17)15-2)16(3)9-11-6-5-7-12(8-11)14(18)19-4/h5-8,10H,9H2,1-4H3,(H,15,17)/t10-/m1/s1. The molecular weight excluding hydrogens is 244 g/mol. The van der Waals surface area contributed by atoms with E-state index in [1.807, 2.05) is 24.9 Å². The van der Waals surface area contributed by atoms with E-state index in [-0.39, 0.29) is 17.9 Å². The molecule has 1 atom stereocenters. The number of ether oxygens (including phenoxy) is 1. The quantitative estimate of drug-likeness (QED) is 0.807. The molecule has 0 unspecified atom stereocenters. The molecule has 5 nitrogen and oxygen atoms in total. The zero-order chi connectivity index (χ0) is 14.4. The molecule has 0 heterocycles. The first-order valence-electron chi connectivity index (χ1n) is 6.08. The molecule has 0 saturated carbocycles. The Bertz CT molecular complexity index is 460. The normalized spacial score (nSPS) is 12.1. The van der Waals surface area contributed by atoms with E-state index in [1.165, 1.54) is 7.11 Å². The topological polar surface area (TPSA) is 58.6 Å². The monoisotopic (exact) mass is 264 g/mol. The Balaban J connectivity index is 2.77. The summed E-state index contributed by atoms with van der Waals surface area (Å²) in [6.07, 6.45) is 0. The second-order valence-electron chi connectivity index (χ2n) is 4.40. The van der Waals surface area contributed by atoms with Crippen LogP contribution in [0.3, 0.4) is 0 Å². The molecule has 0 bridgehead atoms. The fourth-order valence-electron chi connectivity index (χ4n) is 1.75. The van der Waals surface area contributed by atoms with Gasteiger partial charge >= 0.3 is 5.97 Å².